The van der Waals surface area contributed by atoms with E-state index in [1.807, 2.05) is 25.1 Å². The maximum absolute atomic E-state index is 11.5. The Morgan fingerprint density at radius 3 is 2.43 bits per heavy atom. The van der Waals surface area contributed by atoms with Crippen molar-refractivity contribution in [3.8, 4) is 11.5 Å². The average molecular weight is 295 g/mol. The number of carboxylic acids is 1. The Balaban J connectivity index is 2.31. The van der Waals surface area contributed by atoms with E-state index < -0.39 is 12.0 Å². The van der Waals surface area contributed by atoms with Gasteiger partial charge >= 0.3 is 5.97 Å². The second-order valence-corrected chi connectivity index (χ2v) is 4.46. The van der Waals surface area contributed by atoms with Crippen LogP contribution in [-0.2, 0) is 9.59 Å². The van der Waals surface area contributed by atoms with Crippen molar-refractivity contribution in [2.75, 3.05) is 13.2 Å². The average Bonchev–Trinajstić information content (AvgIpc) is 2.45. The van der Waals surface area contributed by atoms with Gasteiger partial charge in [0.1, 0.15) is 6.04 Å². The van der Waals surface area contributed by atoms with Crippen LogP contribution in [0, 0.1) is 0 Å². The Bertz CT molecular complexity index is 475. The van der Waals surface area contributed by atoms with E-state index in [0.29, 0.717) is 31.1 Å². The number of amides is 1. The molecule has 1 rings (SSSR count). The normalized spacial score (nSPS) is 11.5. The molecule has 2 N–H and O–H groups in total. The van der Waals surface area contributed by atoms with Crippen molar-refractivity contribution in [3.63, 3.8) is 0 Å². The van der Waals surface area contributed by atoms with Gasteiger partial charge in [0.05, 0.1) is 13.2 Å². The van der Waals surface area contributed by atoms with Crippen molar-refractivity contribution < 1.29 is 24.2 Å². The van der Waals surface area contributed by atoms with Gasteiger partial charge in [-0.1, -0.05) is 12.1 Å². The monoisotopic (exact) mass is 295 g/mol. The number of rotatable bonds is 9. The lowest BCUT2D eigenvalue weighted by molar-refractivity contribution is -0.141. The summed E-state index contributed by atoms with van der Waals surface area (Å²) in [6, 6.07) is 6.45. The summed E-state index contributed by atoms with van der Waals surface area (Å²) in [4.78, 5) is 22.1. The summed E-state index contributed by atoms with van der Waals surface area (Å²) in [6.07, 6.45) is 0.715. The van der Waals surface area contributed by atoms with E-state index in [1.165, 1.54) is 6.92 Å². The fourth-order valence-electron chi connectivity index (χ4n) is 1.63. The molecule has 0 heterocycles. The van der Waals surface area contributed by atoms with Crippen LogP contribution in [0.1, 0.15) is 26.7 Å². The zero-order valence-electron chi connectivity index (χ0n) is 12.3. The molecule has 6 heteroatoms. The van der Waals surface area contributed by atoms with Crippen LogP contribution in [0.4, 0.5) is 0 Å². The van der Waals surface area contributed by atoms with Crippen molar-refractivity contribution in [1.29, 1.82) is 0 Å². The standard InChI is InChI=1S/C15H21NO5/c1-3-20-12-7-4-5-8-13(12)21-10-6-9-14(17)16-11(2)15(18)19/h4-5,7-8,11H,3,6,9-10H2,1-2H3,(H,16,17)(H,18,19). The molecule has 21 heavy (non-hydrogen) atoms. The molecule has 0 aromatic heterocycles. The van der Waals surface area contributed by atoms with Crippen molar-refractivity contribution in [2.45, 2.75) is 32.7 Å². The van der Waals surface area contributed by atoms with E-state index in [4.69, 9.17) is 14.6 Å². The summed E-state index contributed by atoms with van der Waals surface area (Å²) in [5, 5.41) is 11.1. The molecule has 0 saturated heterocycles. The van der Waals surface area contributed by atoms with Crippen molar-refractivity contribution in [2.24, 2.45) is 0 Å². The molecule has 1 aromatic carbocycles. The molecule has 0 aliphatic heterocycles. The number of nitrogens with one attached hydrogen (secondary N) is 1. The van der Waals surface area contributed by atoms with E-state index in [0.717, 1.165) is 0 Å². The van der Waals surface area contributed by atoms with E-state index in [-0.39, 0.29) is 12.3 Å². The van der Waals surface area contributed by atoms with Crippen molar-refractivity contribution in [3.05, 3.63) is 24.3 Å². The highest BCUT2D eigenvalue weighted by Gasteiger charge is 2.13. The number of aliphatic carboxylic acids is 1. The third-order valence-electron chi connectivity index (χ3n) is 2.70. The van der Waals surface area contributed by atoms with Crippen molar-refractivity contribution >= 4 is 11.9 Å². The zero-order chi connectivity index (χ0) is 15.7. The molecule has 0 aliphatic rings. The maximum Gasteiger partial charge on any atom is 0.325 e. The number of hydrogen-bond donors (Lipinski definition) is 2. The molecule has 0 bridgehead atoms. The SMILES string of the molecule is CCOc1ccccc1OCCCC(=O)NC(C)C(=O)O. The largest absolute Gasteiger partial charge is 0.490 e. The van der Waals surface area contributed by atoms with Crippen LogP contribution in [0.5, 0.6) is 11.5 Å². The molecule has 6 nitrogen and oxygen atoms in total. The van der Waals surface area contributed by atoms with Crippen LogP contribution in [0.15, 0.2) is 24.3 Å². The molecular formula is C15H21NO5. The maximum atomic E-state index is 11.5. The van der Waals surface area contributed by atoms with Gasteiger partial charge in [0.2, 0.25) is 5.91 Å². The highest BCUT2D eigenvalue weighted by Crippen LogP contribution is 2.26. The number of benzene rings is 1. The van der Waals surface area contributed by atoms with Gasteiger partial charge in [0, 0.05) is 6.42 Å². The topological polar surface area (TPSA) is 84.9 Å². The lowest BCUT2D eigenvalue weighted by Crippen LogP contribution is -2.38. The highest BCUT2D eigenvalue weighted by molar-refractivity contribution is 5.83. The lowest BCUT2D eigenvalue weighted by Gasteiger charge is -2.12. The summed E-state index contributed by atoms with van der Waals surface area (Å²) in [7, 11) is 0. The first-order valence-corrected chi connectivity index (χ1v) is 6.91. The van der Waals surface area contributed by atoms with Crippen molar-refractivity contribution in [1.82, 2.24) is 5.32 Å². The molecule has 1 unspecified atom stereocenters. The number of hydrogen-bond acceptors (Lipinski definition) is 4. The molecular weight excluding hydrogens is 274 g/mol. The number of carbonyl (C=O) groups excluding carboxylic acids is 1. The number of para-hydroxylation sites is 2. The first kappa shape index (κ1) is 16.8. The molecule has 0 aliphatic carbocycles. The Labute approximate surface area is 124 Å². The van der Waals surface area contributed by atoms with Crippen LogP contribution in [0.3, 0.4) is 0 Å². The molecule has 1 atom stereocenters. The van der Waals surface area contributed by atoms with Gasteiger partial charge in [-0.25, -0.2) is 0 Å². The minimum Gasteiger partial charge on any atom is -0.490 e. The second-order valence-electron chi connectivity index (χ2n) is 4.46. The van der Waals surface area contributed by atoms with E-state index in [1.54, 1.807) is 6.07 Å². The summed E-state index contributed by atoms with van der Waals surface area (Å²) in [5.41, 5.74) is 0. The first-order valence-electron chi connectivity index (χ1n) is 6.91. The molecule has 0 spiro atoms. The van der Waals surface area contributed by atoms with Gasteiger partial charge in [-0.05, 0) is 32.4 Å². The van der Waals surface area contributed by atoms with Crippen LogP contribution < -0.4 is 14.8 Å². The van der Waals surface area contributed by atoms with Crippen LogP contribution in [0.2, 0.25) is 0 Å². The minimum absolute atomic E-state index is 0.217. The first-order chi connectivity index (χ1) is 10.0. The van der Waals surface area contributed by atoms with Gasteiger partial charge in [-0.2, -0.15) is 0 Å². The fourth-order valence-corrected chi connectivity index (χ4v) is 1.63. The number of carboxylic acid groups (broad SMARTS) is 1. The molecule has 1 amide bonds. The Morgan fingerprint density at radius 1 is 1.24 bits per heavy atom. The molecule has 1 aromatic rings. The van der Waals surface area contributed by atoms with Gasteiger partial charge in [-0.3, -0.25) is 9.59 Å². The highest BCUT2D eigenvalue weighted by atomic mass is 16.5. The number of ether oxygens (including phenoxy) is 2. The summed E-state index contributed by atoms with van der Waals surface area (Å²) < 4.78 is 11.0. The Hall–Kier alpha value is -2.24. The number of carbonyl (C=O) groups is 2. The summed E-state index contributed by atoms with van der Waals surface area (Å²) >= 11 is 0. The summed E-state index contributed by atoms with van der Waals surface area (Å²) in [5.74, 6) is -0.0422. The van der Waals surface area contributed by atoms with E-state index in [2.05, 4.69) is 5.32 Å². The van der Waals surface area contributed by atoms with Crippen LogP contribution in [-0.4, -0.2) is 36.2 Å². The van der Waals surface area contributed by atoms with Crippen LogP contribution >= 0.6 is 0 Å². The minimum atomic E-state index is -1.05. The predicted molar refractivity (Wildman–Crippen MR) is 77.6 cm³/mol. The van der Waals surface area contributed by atoms with E-state index >= 15 is 0 Å². The Morgan fingerprint density at radius 2 is 1.86 bits per heavy atom. The summed E-state index contributed by atoms with van der Waals surface area (Å²) in [6.45, 7) is 4.23. The molecule has 116 valence electrons. The quantitative estimate of drug-likeness (QED) is 0.679. The van der Waals surface area contributed by atoms with Gasteiger partial charge in [0.15, 0.2) is 11.5 Å². The fraction of sp³-hybridized carbons (Fsp3) is 0.467. The Kier molecular flexibility index (Phi) is 7.08. The van der Waals surface area contributed by atoms with Gasteiger partial charge in [-0.15, -0.1) is 0 Å². The smallest absolute Gasteiger partial charge is 0.325 e. The van der Waals surface area contributed by atoms with Gasteiger partial charge in [0.25, 0.3) is 0 Å². The lowest BCUT2D eigenvalue weighted by atomic mass is 10.2. The molecule has 0 saturated carbocycles. The third-order valence-corrected chi connectivity index (χ3v) is 2.70. The van der Waals surface area contributed by atoms with Gasteiger partial charge < -0.3 is 19.9 Å². The molecule has 0 radical (unpaired) electrons. The second kappa shape index (κ2) is 8.84. The third kappa shape index (κ3) is 6.16. The van der Waals surface area contributed by atoms with E-state index in [9.17, 15) is 9.59 Å². The van der Waals surface area contributed by atoms with Crippen LogP contribution in [0.25, 0.3) is 0 Å². The zero-order valence-corrected chi connectivity index (χ0v) is 12.3. The predicted octanol–water partition coefficient (Wildman–Crippen LogP) is 1.83. The molecule has 0 fully saturated rings.